The number of ether oxygens (including phenoxy) is 2. The van der Waals surface area contributed by atoms with E-state index in [0.717, 1.165) is 6.42 Å². The highest BCUT2D eigenvalue weighted by molar-refractivity contribution is 5.89. The van der Waals surface area contributed by atoms with Crippen molar-refractivity contribution in [1.29, 1.82) is 10.5 Å². The number of nitrogens with zero attached hydrogens (tertiary/aromatic N) is 2. The van der Waals surface area contributed by atoms with Crippen LogP contribution in [0.2, 0.25) is 0 Å². The summed E-state index contributed by atoms with van der Waals surface area (Å²) >= 11 is 0. The Labute approximate surface area is 134 Å². The second-order valence-electron chi connectivity index (χ2n) is 4.69. The second kappa shape index (κ2) is 7.63. The third-order valence-electron chi connectivity index (χ3n) is 2.99. The van der Waals surface area contributed by atoms with Gasteiger partial charge in [-0.05, 0) is 48.9 Å². The maximum atomic E-state index is 11.7. The van der Waals surface area contributed by atoms with E-state index in [0.29, 0.717) is 29.2 Å². The third-order valence-corrected chi connectivity index (χ3v) is 2.99. The van der Waals surface area contributed by atoms with Crippen LogP contribution in [0.1, 0.15) is 34.8 Å². The third kappa shape index (κ3) is 4.09. The van der Waals surface area contributed by atoms with Gasteiger partial charge in [0.05, 0.1) is 23.3 Å². The summed E-state index contributed by atoms with van der Waals surface area (Å²) in [7, 11) is 0. The van der Waals surface area contributed by atoms with Gasteiger partial charge in [0, 0.05) is 0 Å². The quantitative estimate of drug-likeness (QED) is 0.785. The monoisotopic (exact) mass is 306 g/mol. The molecule has 0 N–H and O–H groups in total. The highest BCUT2D eigenvalue weighted by Crippen LogP contribution is 2.24. The zero-order valence-electron chi connectivity index (χ0n) is 12.6. The van der Waals surface area contributed by atoms with E-state index >= 15 is 0 Å². The summed E-state index contributed by atoms with van der Waals surface area (Å²) in [5, 5.41) is 17.9. The van der Waals surface area contributed by atoms with E-state index in [-0.39, 0.29) is 11.5 Å². The van der Waals surface area contributed by atoms with Gasteiger partial charge >= 0.3 is 5.97 Å². The average Bonchev–Trinajstić information content (AvgIpc) is 2.60. The maximum Gasteiger partial charge on any atom is 0.338 e. The molecule has 0 saturated carbocycles. The Hall–Kier alpha value is -3.31. The fourth-order valence-electron chi connectivity index (χ4n) is 1.85. The van der Waals surface area contributed by atoms with Crippen LogP contribution >= 0.6 is 0 Å². The van der Waals surface area contributed by atoms with Gasteiger partial charge in [-0.15, -0.1) is 0 Å². The molecule has 114 valence electrons. The summed E-state index contributed by atoms with van der Waals surface area (Å²) in [5.41, 5.74) is 1.00. The lowest BCUT2D eigenvalue weighted by Crippen LogP contribution is -2.05. The van der Waals surface area contributed by atoms with Crippen molar-refractivity contribution in [2.75, 3.05) is 6.61 Å². The van der Waals surface area contributed by atoms with E-state index in [4.69, 9.17) is 20.0 Å². The molecule has 0 bridgehead atoms. The molecule has 0 aliphatic heterocycles. The molecule has 0 spiro atoms. The Kier molecular flexibility index (Phi) is 5.33. The Bertz CT molecular complexity index is 783. The Balaban J connectivity index is 2.11. The van der Waals surface area contributed by atoms with Crippen LogP contribution in [-0.4, -0.2) is 12.6 Å². The predicted molar refractivity (Wildman–Crippen MR) is 83.0 cm³/mol. The molecule has 2 aromatic rings. The average molecular weight is 306 g/mol. The van der Waals surface area contributed by atoms with E-state index in [1.54, 1.807) is 30.3 Å². The van der Waals surface area contributed by atoms with Crippen LogP contribution in [0, 0.1) is 22.7 Å². The van der Waals surface area contributed by atoms with Crippen LogP contribution in [0.25, 0.3) is 0 Å². The first-order valence-corrected chi connectivity index (χ1v) is 7.07. The Morgan fingerprint density at radius 1 is 1.00 bits per heavy atom. The molecule has 5 nitrogen and oxygen atoms in total. The smallest absolute Gasteiger partial charge is 0.338 e. The highest BCUT2D eigenvalue weighted by atomic mass is 16.5. The SMILES string of the molecule is CCCOC(=O)c1ccc(Oc2ccc(C#N)c(C#N)c2)cc1. The first-order valence-electron chi connectivity index (χ1n) is 7.07. The van der Waals surface area contributed by atoms with Gasteiger partial charge in [0.2, 0.25) is 0 Å². The number of benzene rings is 2. The minimum atomic E-state index is -0.372. The van der Waals surface area contributed by atoms with Crippen LogP contribution in [0.5, 0.6) is 11.5 Å². The summed E-state index contributed by atoms with van der Waals surface area (Å²) in [6.45, 7) is 2.32. The molecular weight excluding hydrogens is 292 g/mol. The van der Waals surface area contributed by atoms with Gasteiger partial charge in [0.15, 0.2) is 0 Å². The van der Waals surface area contributed by atoms with Crippen molar-refractivity contribution in [1.82, 2.24) is 0 Å². The zero-order chi connectivity index (χ0) is 16.7. The topological polar surface area (TPSA) is 83.1 Å². The van der Waals surface area contributed by atoms with Crippen molar-refractivity contribution >= 4 is 5.97 Å². The molecule has 5 heteroatoms. The van der Waals surface area contributed by atoms with Crippen LogP contribution in [0.3, 0.4) is 0 Å². The largest absolute Gasteiger partial charge is 0.462 e. The van der Waals surface area contributed by atoms with Gasteiger partial charge in [-0.1, -0.05) is 6.92 Å². The van der Waals surface area contributed by atoms with Crippen molar-refractivity contribution in [2.45, 2.75) is 13.3 Å². The molecule has 0 saturated heterocycles. The van der Waals surface area contributed by atoms with Crippen LogP contribution in [0.4, 0.5) is 0 Å². The van der Waals surface area contributed by atoms with E-state index in [1.165, 1.54) is 12.1 Å². The molecule has 0 radical (unpaired) electrons. The summed E-state index contributed by atoms with van der Waals surface area (Å²) in [4.78, 5) is 11.7. The van der Waals surface area contributed by atoms with Crippen molar-refractivity contribution in [3.8, 4) is 23.6 Å². The van der Waals surface area contributed by atoms with Crippen LogP contribution < -0.4 is 4.74 Å². The lowest BCUT2D eigenvalue weighted by atomic mass is 10.1. The number of rotatable bonds is 5. The Morgan fingerprint density at radius 3 is 2.26 bits per heavy atom. The lowest BCUT2D eigenvalue weighted by Gasteiger charge is -2.07. The number of nitriles is 2. The van der Waals surface area contributed by atoms with Crippen molar-refractivity contribution in [3.63, 3.8) is 0 Å². The molecule has 2 rings (SSSR count). The van der Waals surface area contributed by atoms with Crippen LogP contribution in [0.15, 0.2) is 42.5 Å². The maximum absolute atomic E-state index is 11.7. The molecule has 23 heavy (non-hydrogen) atoms. The molecule has 0 aliphatic rings. The minimum Gasteiger partial charge on any atom is -0.462 e. The van der Waals surface area contributed by atoms with Gasteiger partial charge < -0.3 is 9.47 Å². The van der Waals surface area contributed by atoms with Gasteiger partial charge in [0.1, 0.15) is 23.6 Å². The van der Waals surface area contributed by atoms with Crippen molar-refractivity contribution in [2.24, 2.45) is 0 Å². The fourth-order valence-corrected chi connectivity index (χ4v) is 1.85. The number of carbonyl (C=O) groups excluding carboxylic acids is 1. The number of carbonyl (C=O) groups is 1. The first-order chi connectivity index (χ1) is 11.2. The number of hydrogen-bond donors (Lipinski definition) is 0. The number of hydrogen-bond acceptors (Lipinski definition) is 5. The zero-order valence-corrected chi connectivity index (χ0v) is 12.6. The first kappa shape index (κ1) is 16.1. The molecule has 0 heterocycles. The van der Waals surface area contributed by atoms with Gasteiger partial charge in [-0.2, -0.15) is 10.5 Å². The van der Waals surface area contributed by atoms with E-state index < -0.39 is 0 Å². The number of esters is 1. The van der Waals surface area contributed by atoms with Crippen LogP contribution in [-0.2, 0) is 4.74 Å². The summed E-state index contributed by atoms with van der Waals surface area (Å²) < 4.78 is 10.7. The normalized spacial score (nSPS) is 9.52. The summed E-state index contributed by atoms with van der Waals surface area (Å²) in [5.74, 6) is 0.594. The molecular formula is C18H14N2O3. The van der Waals surface area contributed by atoms with Crippen molar-refractivity contribution in [3.05, 3.63) is 59.2 Å². The van der Waals surface area contributed by atoms with Gasteiger partial charge in [-0.3, -0.25) is 0 Å². The summed E-state index contributed by atoms with van der Waals surface area (Å²) in [6, 6.07) is 15.1. The lowest BCUT2D eigenvalue weighted by molar-refractivity contribution is 0.0505. The van der Waals surface area contributed by atoms with Crippen molar-refractivity contribution < 1.29 is 14.3 Å². The molecule has 0 amide bonds. The fraction of sp³-hybridized carbons (Fsp3) is 0.167. The Morgan fingerprint density at radius 2 is 1.65 bits per heavy atom. The molecule has 0 aromatic heterocycles. The minimum absolute atomic E-state index is 0.254. The van der Waals surface area contributed by atoms with E-state index in [2.05, 4.69) is 0 Å². The summed E-state index contributed by atoms with van der Waals surface area (Å²) in [6.07, 6.45) is 0.771. The molecule has 0 aliphatic carbocycles. The predicted octanol–water partition coefficient (Wildman–Crippen LogP) is 3.79. The standard InChI is InChI=1S/C18H14N2O3/c1-2-9-22-18(21)13-3-6-16(7-4-13)23-17-8-5-14(11-19)15(10-17)12-20/h3-8,10H,2,9H2,1H3. The van der Waals surface area contributed by atoms with E-state index in [9.17, 15) is 4.79 Å². The molecule has 0 unspecified atom stereocenters. The molecule has 0 fully saturated rings. The molecule has 0 atom stereocenters. The molecule has 2 aromatic carbocycles. The van der Waals surface area contributed by atoms with Gasteiger partial charge in [0.25, 0.3) is 0 Å². The second-order valence-corrected chi connectivity index (χ2v) is 4.69. The highest BCUT2D eigenvalue weighted by Gasteiger charge is 2.08. The van der Waals surface area contributed by atoms with Gasteiger partial charge in [-0.25, -0.2) is 4.79 Å². The van der Waals surface area contributed by atoms with E-state index in [1.807, 2.05) is 19.1 Å².